The number of hydrogen-bond acceptors (Lipinski definition) is 8. The van der Waals surface area contributed by atoms with Crippen LogP contribution in [0.5, 0.6) is 0 Å². The molecule has 9 nitrogen and oxygen atoms in total. The molecule has 0 atom stereocenters. The van der Waals surface area contributed by atoms with Crippen molar-refractivity contribution in [2.45, 2.75) is 19.3 Å². The fraction of sp³-hybridized carbons (Fsp3) is 0.381. The van der Waals surface area contributed by atoms with Crippen molar-refractivity contribution in [2.75, 3.05) is 31.7 Å². The zero-order valence-corrected chi connectivity index (χ0v) is 17.8. The molecular weight excluding hydrogens is 420 g/mol. The van der Waals surface area contributed by atoms with Crippen molar-refractivity contribution >= 4 is 39.9 Å². The number of hydrogen-bond donors (Lipinski definition) is 1. The largest absolute Gasteiger partial charge is 0.477 e. The van der Waals surface area contributed by atoms with Crippen LogP contribution in [0.1, 0.15) is 29.6 Å². The van der Waals surface area contributed by atoms with Crippen LogP contribution in [0.15, 0.2) is 34.7 Å². The number of fused-ring (bicyclic) bond motifs is 1. The maximum absolute atomic E-state index is 12.6. The van der Waals surface area contributed by atoms with Gasteiger partial charge in [0.2, 0.25) is 5.43 Å². The van der Waals surface area contributed by atoms with Crippen LogP contribution >= 0.6 is 11.3 Å². The maximum atomic E-state index is 12.6. The van der Waals surface area contributed by atoms with Crippen LogP contribution in [0.2, 0.25) is 0 Å². The van der Waals surface area contributed by atoms with Crippen molar-refractivity contribution in [3.8, 4) is 5.13 Å². The Morgan fingerprint density at radius 2 is 2.10 bits per heavy atom. The second-order valence-corrected chi connectivity index (χ2v) is 8.29. The van der Waals surface area contributed by atoms with Gasteiger partial charge in [-0.05, 0) is 25.0 Å². The first kappa shape index (κ1) is 21.1. The van der Waals surface area contributed by atoms with Crippen LogP contribution < -0.4 is 10.3 Å². The molecule has 0 unspecified atom stereocenters. The highest BCUT2D eigenvalue weighted by molar-refractivity contribution is 7.12. The number of rotatable bonds is 9. The van der Waals surface area contributed by atoms with E-state index >= 15 is 0 Å². The first-order valence-corrected chi connectivity index (χ1v) is 10.8. The number of Topliss-reactive ketones (excluding diaryl/α,β-unsaturated/α-hetero) is 1. The fourth-order valence-corrected chi connectivity index (χ4v) is 4.24. The molecule has 0 aromatic carbocycles. The van der Waals surface area contributed by atoms with Gasteiger partial charge in [-0.25, -0.2) is 14.8 Å². The van der Waals surface area contributed by atoms with Gasteiger partial charge in [-0.2, -0.15) is 0 Å². The number of anilines is 1. The third kappa shape index (κ3) is 4.21. The number of ether oxygens (including phenoxy) is 1. The highest BCUT2D eigenvalue weighted by Crippen LogP contribution is 2.27. The first-order chi connectivity index (χ1) is 15.0. The molecule has 3 aromatic rings. The number of carbonyl (C=O) groups excluding carboxylic acids is 1. The number of aromatic nitrogens is 3. The summed E-state index contributed by atoms with van der Waals surface area (Å²) in [6.45, 7) is 1.82. The van der Waals surface area contributed by atoms with Crippen LogP contribution in [0.25, 0.3) is 16.2 Å². The van der Waals surface area contributed by atoms with Crippen molar-refractivity contribution in [1.29, 1.82) is 0 Å². The Labute approximate surface area is 181 Å². The molecule has 1 aliphatic rings. The molecule has 4 rings (SSSR count). The normalized spacial score (nSPS) is 14.0. The number of carboxylic acid groups (broad SMARTS) is 1. The molecule has 0 radical (unpaired) electrons. The molecule has 0 spiro atoms. The van der Waals surface area contributed by atoms with Crippen LogP contribution in [-0.4, -0.2) is 58.2 Å². The Morgan fingerprint density at radius 3 is 2.77 bits per heavy atom. The minimum absolute atomic E-state index is 0.0180. The third-order valence-electron chi connectivity index (χ3n) is 5.37. The molecule has 1 saturated heterocycles. The van der Waals surface area contributed by atoms with E-state index in [1.807, 2.05) is 4.90 Å². The lowest BCUT2D eigenvalue weighted by Gasteiger charge is -2.39. The molecule has 0 saturated carbocycles. The van der Waals surface area contributed by atoms with Gasteiger partial charge >= 0.3 is 5.97 Å². The van der Waals surface area contributed by atoms with Gasteiger partial charge in [0.05, 0.1) is 11.3 Å². The molecule has 4 heterocycles. The van der Waals surface area contributed by atoms with E-state index in [1.165, 1.54) is 22.1 Å². The number of pyridine rings is 2. The average Bonchev–Trinajstić information content (AvgIpc) is 3.25. The van der Waals surface area contributed by atoms with E-state index in [4.69, 9.17) is 4.74 Å². The van der Waals surface area contributed by atoms with Gasteiger partial charge < -0.3 is 14.7 Å². The number of aromatic carboxylic acids is 1. The Kier molecular flexibility index (Phi) is 6.10. The van der Waals surface area contributed by atoms with Crippen molar-refractivity contribution in [1.82, 2.24) is 14.5 Å². The van der Waals surface area contributed by atoms with Crippen LogP contribution in [0.3, 0.4) is 0 Å². The minimum atomic E-state index is -1.30. The number of nitrogens with zero attached hydrogens (tertiary/aromatic N) is 4. The Bertz CT molecular complexity index is 1170. The number of methoxy groups -OCH3 is 1. The number of ketones is 1. The Balaban J connectivity index is 1.58. The number of unbranched alkanes of at least 4 members (excludes halogenated alkanes) is 1. The fourth-order valence-electron chi connectivity index (χ4n) is 3.62. The molecule has 31 heavy (non-hydrogen) atoms. The standard InChI is InChI=1S/C21H22N4O5S/c1-30-8-3-2-4-16(26)13-10-24(11-13)17-6-5-14-18(27)15(20(28)29)12-25(19(14)23-17)21-22-7-9-31-21/h5-7,9,12-13H,2-4,8,10-11H2,1H3,(H,28,29). The van der Waals surface area contributed by atoms with Crippen LogP contribution in [0.4, 0.5) is 5.82 Å². The summed E-state index contributed by atoms with van der Waals surface area (Å²) >= 11 is 1.32. The molecule has 3 aromatic heterocycles. The van der Waals surface area contributed by atoms with Crippen LogP contribution in [0, 0.1) is 5.92 Å². The molecule has 10 heteroatoms. The van der Waals surface area contributed by atoms with Gasteiger partial charge in [-0.15, -0.1) is 11.3 Å². The summed E-state index contributed by atoms with van der Waals surface area (Å²) in [5.74, 6) is -0.422. The summed E-state index contributed by atoms with van der Waals surface area (Å²) in [5.41, 5.74) is -0.570. The number of carboxylic acids is 1. The van der Waals surface area contributed by atoms with Crippen molar-refractivity contribution in [3.63, 3.8) is 0 Å². The number of thiazole rings is 1. The maximum Gasteiger partial charge on any atom is 0.341 e. The zero-order valence-electron chi connectivity index (χ0n) is 17.0. The van der Waals surface area contributed by atoms with E-state index in [0.717, 1.165) is 12.8 Å². The van der Waals surface area contributed by atoms with Gasteiger partial charge in [-0.1, -0.05) is 0 Å². The lowest BCUT2D eigenvalue weighted by Crippen LogP contribution is -2.50. The monoisotopic (exact) mass is 442 g/mol. The van der Waals surface area contributed by atoms with E-state index in [2.05, 4.69) is 9.97 Å². The highest BCUT2D eigenvalue weighted by atomic mass is 32.1. The Hall–Kier alpha value is -3.11. The second kappa shape index (κ2) is 8.94. The topological polar surface area (TPSA) is 115 Å². The van der Waals surface area contributed by atoms with Gasteiger partial charge in [0.1, 0.15) is 17.2 Å². The predicted octanol–water partition coefficient (Wildman–Crippen LogP) is 2.36. The predicted molar refractivity (Wildman–Crippen MR) is 116 cm³/mol. The highest BCUT2D eigenvalue weighted by Gasteiger charge is 2.33. The van der Waals surface area contributed by atoms with Crippen LogP contribution in [-0.2, 0) is 9.53 Å². The van der Waals surface area contributed by atoms with E-state index in [1.54, 1.807) is 30.8 Å². The quantitative estimate of drug-likeness (QED) is 0.502. The van der Waals surface area contributed by atoms with Crippen molar-refractivity contribution in [2.24, 2.45) is 5.92 Å². The van der Waals surface area contributed by atoms with Gasteiger partial charge in [0.15, 0.2) is 10.8 Å². The molecular formula is C21H22N4O5S. The summed E-state index contributed by atoms with van der Waals surface area (Å²) in [6, 6.07) is 3.29. The summed E-state index contributed by atoms with van der Waals surface area (Å²) in [6.07, 6.45) is 5.12. The third-order valence-corrected chi connectivity index (χ3v) is 6.15. The van der Waals surface area contributed by atoms with Crippen molar-refractivity contribution < 1.29 is 19.4 Å². The van der Waals surface area contributed by atoms with E-state index in [0.29, 0.717) is 42.7 Å². The summed E-state index contributed by atoms with van der Waals surface area (Å²) in [4.78, 5) is 47.3. The zero-order chi connectivity index (χ0) is 22.0. The van der Waals surface area contributed by atoms with E-state index in [-0.39, 0.29) is 22.7 Å². The lowest BCUT2D eigenvalue weighted by molar-refractivity contribution is -0.123. The van der Waals surface area contributed by atoms with Crippen molar-refractivity contribution in [3.05, 3.63) is 45.7 Å². The van der Waals surface area contributed by atoms with E-state index in [9.17, 15) is 19.5 Å². The van der Waals surface area contributed by atoms with Gasteiger partial charge in [-0.3, -0.25) is 14.2 Å². The smallest absolute Gasteiger partial charge is 0.341 e. The second-order valence-electron chi connectivity index (χ2n) is 7.42. The molecule has 1 aliphatic heterocycles. The number of carbonyl (C=O) groups is 2. The first-order valence-electron chi connectivity index (χ1n) is 9.95. The SMILES string of the molecule is COCCCCC(=O)C1CN(c2ccc3c(=O)c(C(=O)O)cn(-c4nccs4)c3n2)C1. The van der Waals surface area contributed by atoms with Gasteiger partial charge in [0.25, 0.3) is 0 Å². The summed E-state index contributed by atoms with van der Waals surface area (Å²) in [7, 11) is 1.65. The average molecular weight is 442 g/mol. The molecule has 0 aliphatic carbocycles. The lowest BCUT2D eigenvalue weighted by atomic mass is 9.92. The summed E-state index contributed by atoms with van der Waals surface area (Å²) in [5, 5.41) is 11.9. The Morgan fingerprint density at radius 1 is 1.29 bits per heavy atom. The van der Waals surface area contributed by atoms with E-state index < -0.39 is 11.4 Å². The summed E-state index contributed by atoms with van der Waals surface area (Å²) < 4.78 is 6.55. The van der Waals surface area contributed by atoms with Gasteiger partial charge in [0, 0.05) is 51.0 Å². The molecule has 0 bridgehead atoms. The molecule has 1 N–H and O–H groups in total. The molecule has 162 valence electrons. The molecule has 0 amide bonds. The minimum Gasteiger partial charge on any atom is -0.477 e. The molecule has 1 fully saturated rings.